The summed E-state index contributed by atoms with van der Waals surface area (Å²) in [4.78, 5) is 15.0. The molecule has 0 saturated carbocycles. The molecule has 0 aliphatic rings. The van der Waals surface area contributed by atoms with E-state index < -0.39 is 0 Å². The molecule has 1 heterocycles. The number of aromatic nitrogens is 1. The molecule has 0 saturated heterocycles. The number of methoxy groups -OCH3 is 1. The molecule has 1 aromatic carbocycles. The molecule has 0 unspecified atom stereocenters. The molecular formula is C16H15Cl2NO4S. The number of pyridine rings is 1. The highest BCUT2D eigenvalue weighted by molar-refractivity contribution is 7.99. The van der Waals surface area contributed by atoms with Crippen LogP contribution >= 0.6 is 35.0 Å². The highest BCUT2D eigenvalue weighted by Gasteiger charge is 2.09. The first kappa shape index (κ1) is 18.7. The molecule has 0 aliphatic carbocycles. The second-order valence-electron chi connectivity index (χ2n) is 4.47. The van der Waals surface area contributed by atoms with Crippen LogP contribution in [0.25, 0.3) is 0 Å². The van der Waals surface area contributed by atoms with Crippen molar-refractivity contribution in [1.82, 2.24) is 4.98 Å². The van der Waals surface area contributed by atoms with Crippen LogP contribution in [0.15, 0.2) is 36.5 Å². The summed E-state index contributed by atoms with van der Waals surface area (Å²) in [6, 6.07) is 8.68. The first-order valence-electron chi connectivity index (χ1n) is 6.95. The minimum atomic E-state index is -0.249. The predicted octanol–water partition coefficient (Wildman–Crippen LogP) is 4.47. The number of thioether (sulfide) groups is 1. The van der Waals surface area contributed by atoms with Gasteiger partial charge in [-0.3, -0.25) is 4.79 Å². The molecule has 2 aromatic rings. The average molecular weight is 388 g/mol. The van der Waals surface area contributed by atoms with Gasteiger partial charge in [0.1, 0.15) is 16.5 Å². The Morgan fingerprint density at radius 3 is 2.83 bits per heavy atom. The molecular weight excluding hydrogens is 373 g/mol. The van der Waals surface area contributed by atoms with E-state index in [1.807, 2.05) is 6.07 Å². The number of halogens is 2. The van der Waals surface area contributed by atoms with E-state index in [-0.39, 0.29) is 16.9 Å². The van der Waals surface area contributed by atoms with Crippen LogP contribution in [-0.2, 0) is 9.53 Å². The lowest BCUT2D eigenvalue weighted by atomic mass is 10.3. The molecule has 0 spiro atoms. The monoisotopic (exact) mass is 387 g/mol. The van der Waals surface area contributed by atoms with E-state index in [0.717, 1.165) is 0 Å². The van der Waals surface area contributed by atoms with E-state index in [1.54, 1.807) is 24.3 Å². The SMILES string of the molecule is COC(=O)CSCCOc1cccc(Oc2nccc(Cl)c2Cl)c1. The van der Waals surface area contributed by atoms with E-state index in [9.17, 15) is 4.79 Å². The summed E-state index contributed by atoms with van der Waals surface area (Å²) in [7, 11) is 1.37. The molecule has 0 N–H and O–H groups in total. The maximum atomic E-state index is 11.0. The Morgan fingerprint density at radius 1 is 1.25 bits per heavy atom. The number of ether oxygens (including phenoxy) is 3. The fraction of sp³-hybridized carbons (Fsp3) is 0.250. The lowest BCUT2D eigenvalue weighted by Gasteiger charge is -2.10. The van der Waals surface area contributed by atoms with Crippen molar-refractivity contribution in [2.24, 2.45) is 0 Å². The van der Waals surface area contributed by atoms with E-state index in [4.69, 9.17) is 32.7 Å². The van der Waals surface area contributed by atoms with Crippen LogP contribution in [0.1, 0.15) is 0 Å². The molecule has 0 radical (unpaired) electrons. The molecule has 24 heavy (non-hydrogen) atoms. The Morgan fingerprint density at radius 2 is 2.04 bits per heavy atom. The van der Waals surface area contributed by atoms with Crippen molar-refractivity contribution in [2.75, 3.05) is 25.2 Å². The van der Waals surface area contributed by atoms with Gasteiger partial charge >= 0.3 is 5.97 Å². The lowest BCUT2D eigenvalue weighted by molar-refractivity contribution is -0.137. The van der Waals surface area contributed by atoms with Crippen LogP contribution in [0, 0.1) is 0 Å². The maximum absolute atomic E-state index is 11.0. The second kappa shape index (κ2) is 9.61. The Balaban J connectivity index is 1.87. The second-order valence-corrected chi connectivity index (χ2v) is 6.36. The van der Waals surface area contributed by atoms with Crippen LogP contribution in [0.2, 0.25) is 10.0 Å². The molecule has 2 rings (SSSR count). The minimum absolute atomic E-state index is 0.231. The van der Waals surface area contributed by atoms with Crippen molar-refractivity contribution in [2.45, 2.75) is 0 Å². The maximum Gasteiger partial charge on any atom is 0.315 e. The normalized spacial score (nSPS) is 10.3. The molecule has 8 heteroatoms. The summed E-state index contributed by atoms with van der Waals surface area (Å²) in [6.07, 6.45) is 1.52. The number of hydrogen-bond acceptors (Lipinski definition) is 6. The van der Waals surface area contributed by atoms with Crippen molar-refractivity contribution in [3.63, 3.8) is 0 Å². The molecule has 0 fully saturated rings. The first-order valence-corrected chi connectivity index (χ1v) is 8.86. The van der Waals surface area contributed by atoms with Crippen molar-refractivity contribution >= 4 is 40.9 Å². The summed E-state index contributed by atoms with van der Waals surface area (Å²) >= 11 is 13.4. The smallest absolute Gasteiger partial charge is 0.315 e. The van der Waals surface area contributed by atoms with Crippen molar-refractivity contribution in [3.8, 4) is 17.4 Å². The molecule has 128 valence electrons. The number of benzene rings is 1. The largest absolute Gasteiger partial charge is 0.493 e. The van der Waals surface area contributed by atoms with Gasteiger partial charge in [-0.1, -0.05) is 29.3 Å². The van der Waals surface area contributed by atoms with Crippen LogP contribution < -0.4 is 9.47 Å². The summed E-state index contributed by atoms with van der Waals surface area (Å²) < 4.78 is 15.8. The third-order valence-corrected chi connectivity index (χ3v) is 4.45. The average Bonchev–Trinajstić information content (AvgIpc) is 2.59. The molecule has 0 bridgehead atoms. The highest BCUT2D eigenvalue weighted by atomic mass is 35.5. The zero-order chi connectivity index (χ0) is 17.4. The summed E-state index contributed by atoms with van der Waals surface area (Å²) in [5.41, 5.74) is 0. The van der Waals surface area contributed by atoms with E-state index in [0.29, 0.717) is 34.6 Å². The van der Waals surface area contributed by atoms with Crippen molar-refractivity contribution in [3.05, 3.63) is 46.6 Å². The van der Waals surface area contributed by atoms with Crippen LogP contribution in [0.3, 0.4) is 0 Å². The quantitative estimate of drug-likeness (QED) is 0.492. The van der Waals surface area contributed by atoms with E-state index in [2.05, 4.69) is 9.72 Å². The van der Waals surface area contributed by atoms with Gasteiger partial charge in [0, 0.05) is 18.0 Å². The standard InChI is InChI=1S/C16H15Cl2NO4S/c1-21-14(20)10-24-8-7-22-11-3-2-4-12(9-11)23-16-15(18)13(17)5-6-19-16/h2-6,9H,7-8,10H2,1H3. The molecule has 5 nitrogen and oxygen atoms in total. The zero-order valence-electron chi connectivity index (χ0n) is 12.8. The highest BCUT2D eigenvalue weighted by Crippen LogP contribution is 2.33. The summed E-state index contributed by atoms with van der Waals surface area (Å²) in [5, 5.41) is 0.626. The number of carbonyl (C=O) groups excluding carboxylic acids is 1. The van der Waals surface area contributed by atoms with Gasteiger partial charge in [0.25, 0.3) is 0 Å². The van der Waals surface area contributed by atoms with Gasteiger partial charge in [-0.25, -0.2) is 4.98 Å². The van der Waals surface area contributed by atoms with Crippen molar-refractivity contribution < 1.29 is 19.0 Å². The first-order chi connectivity index (χ1) is 11.6. The van der Waals surface area contributed by atoms with E-state index in [1.165, 1.54) is 25.1 Å². The number of carbonyl (C=O) groups is 1. The van der Waals surface area contributed by atoms with Gasteiger partial charge in [0.2, 0.25) is 5.88 Å². The van der Waals surface area contributed by atoms with Gasteiger partial charge in [-0.05, 0) is 18.2 Å². The van der Waals surface area contributed by atoms with Crippen molar-refractivity contribution in [1.29, 1.82) is 0 Å². The van der Waals surface area contributed by atoms with Gasteiger partial charge in [-0.2, -0.15) is 0 Å². The van der Waals surface area contributed by atoms with E-state index >= 15 is 0 Å². The van der Waals surface area contributed by atoms with Crippen LogP contribution in [-0.4, -0.2) is 36.2 Å². The van der Waals surface area contributed by atoms with Crippen LogP contribution in [0.5, 0.6) is 17.4 Å². The predicted molar refractivity (Wildman–Crippen MR) is 95.6 cm³/mol. The molecule has 1 aromatic heterocycles. The third kappa shape index (κ3) is 5.78. The molecule has 0 aliphatic heterocycles. The zero-order valence-corrected chi connectivity index (χ0v) is 15.2. The van der Waals surface area contributed by atoms with Gasteiger partial charge < -0.3 is 14.2 Å². The topological polar surface area (TPSA) is 57.7 Å². The fourth-order valence-electron chi connectivity index (χ4n) is 1.65. The number of hydrogen-bond donors (Lipinski definition) is 0. The molecule has 0 atom stereocenters. The van der Waals surface area contributed by atoms with Gasteiger partial charge in [-0.15, -0.1) is 11.8 Å². The van der Waals surface area contributed by atoms with Gasteiger partial charge in [0.05, 0.1) is 24.5 Å². The lowest BCUT2D eigenvalue weighted by Crippen LogP contribution is -2.06. The Hall–Kier alpha value is -1.63. The summed E-state index contributed by atoms with van der Waals surface area (Å²) in [5.74, 6) is 2.14. The van der Waals surface area contributed by atoms with Gasteiger partial charge in [0.15, 0.2) is 0 Å². The minimum Gasteiger partial charge on any atom is -0.493 e. The number of esters is 1. The number of rotatable bonds is 8. The Labute approximate surface area is 154 Å². The fourth-order valence-corrected chi connectivity index (χ4v) is 2.56. The Kier molecular flexibility index (Phi) is 7.49. The van der Waals surface area contributed by atoms with Crippen LogP contribution in [0.4, 0.5) is 0 Å². The molecule has 0 amide bonds. The third-order valence-electron chi connectivity index (χ3n) is 2.77. The Bertz CT molecular complexity index is 700. The number of nitrogens with zero attached hydrogens (tertiary/aromatic N) is 1. The summed E-state index contributed by atoms with van der Waals surface area (Å²) in [6.45, 7) is 0.460.